The molecule has 3 heteroatoms. The predicted molar refractivity (Wildman–Crippen MR) is 212 cm³/mol. The summed E-state index contributed by atoms with van der Waals surface area (Å²) in [6.07, 6.45) is 57.3. The van der Waals surface area contributed by atoms with Gasteiger partial charge in [0.05, 0.1) is 6.10 Å². The Kier molecular flexibility index (Phi) is 36.7. The first-order valence-electron chi connectivity index (χ1n) is 19.3. The van der Waals surface area contributed by atoms with Gasteiger partial charge in [-0.1, -0.05) is 149 Å². The Bertz CT molecular complexity index is 1100. The number of terminal acetylenes is 2. The molecule has 0 saturated heterocycles. The largest absolute Gasteiger partial charge is 0.389 e. The SMILES string of the molecule is C#C/C=C\[C@H](O)CCCCCCCCCCCCC/C=C\CC/C=C/C#C[C@@H](O)C#CCCCC/C=C\CCCCCC/C=C/[C@H](O)C#C. The Balaban J connectivity index is 3.53. The van der Waals surface area contributed by atoms with Crippen molar-refractivity contribution in [1.82, 2.24) is 0 Å². The van der Waals surface area contributed by atoms with E-state index in [2.05, 4.69) is 65.9 Å². The van der Waals surface area contributed by atoms with E-state index < -0.39 is 12.2 Å². The molecule has 0 aliphatic rings. The Hall–Kier alpha value is -3.18. The lowest BCUT2D eigenvalue weighted by atomic mass is 10.0. The molecule has 0 aromatic rings. The molecule has 0 rings (SSSR count). The van der Waals surface area contributed by atoms with Crippen molar-refractivity contribution in [3.8, 4) is 48.4 Å². The van der Waals surface area contributed by atoms with Gasteiger partial charge < -0.3 is 15.3 Å². The maximum Gasteiger partial charge on any atom is 0.176 e. The van der Waals surface area contributed by atoms with Gasteiger partial charge in [0, 0.05) is 6.42 Å². The maximum absolute atomic E-state index is 9.93. The molecule has 0 radical (unpaired) electrons. The van der Waals surface area contributed by atoms with Gasteiger partial charge in [-0.25, -0.2) is 0 Å². The van der Waals surface area contributed by atoms with Crippen LogP contribution in [0.5, 0.6) is 0 Å². The first kappa shape index (κ1) is 45.8. The minimum atomic E-state index is -0.875. The maximum atomic E-state index is 9.93. The summed E-state index contributed by atoms with van der Waals surface area (Å²) in [6.45, 7) is 0. The van der Waals surface area contributed by atoms with Crippen LogP contribution in [0.2, 0.25) is 0 Å². The third kappa shape index (κ3) is 39.1. The molecule has 0 heterocycles. The van der Waals surface area contributed by atoms with Crippen molar-refractivity contribution in [1.29, 1.82) is 0 Å². The molecule has 0 aliphatic heterocycles. The van der Waals surface area contributed by atoms with Gasteiger partial charge in [-0.2, -0.15) is 0 Å². The van der Waals surface area contributed by atoms with Gasteiger partial charge in [0.1, 0.15) is 6.10 Å². The fraction of sp³-hybridized carbons (Fsp3) is 0.609. The van der Waals surface area contributed by atoms with Crippen LogP contribution < -0.4 is 0 Å². The molecule has 0 bridgehead atoms. The zero-order valence-corrected chi connectivity index (χ0v) is 30.7. The number of rotatable bonds is 30. The molecule has 0 amide bonds. The molecule has 3 nitrogen and oxygen atoms in total. The van der Waals surface area contributed by atoms with Crippen LogP contribution in [0.4, 0.5) is 0 Å². The predicted octanol–water partition coefficient (Wildman–Crippen LogP) is 10.9. The number of hydrogen-bond acceptors (Lipinski definition) is 3. The Morgan fingerprint density at radius 3 is 1.53 bits per heavy atom. The minimum Gasteiger partial charge on any atom is -0.389 e. The standard InChI is InChI=1S/C46H68O3/c1-3-5-39-45(48)41-36-32-28-24-20-16-11-9-7-6-8-10-12-17-21-25-29-33-37-42-46(49)43-38-34-30-26-22-18-14-13-15-19-23-27-31-35-40-44(47)4-2/h1-2,5,12,14,17-18,29,33,35,39-40,44-49H,6-11,13,15-16,19-28,30-32,34,36,41H2/b17-12-,18-14-,33-29+,39-5-,40-35+/t44-,45+,46-/m1/s1. The summed E-state index contributed by atoms with van der Waals surface area (Å²) in [6, 6.07) is 0. The van der Waals surface area contributed by atoms with E-state index in [-0.39, 0.29) is 6.10 Å². The zero-order chi connectivity index (χ0) is 35.7. The summed E-state index contributed by atoms with van der Waals surface area (Å²) < 4.78 is 0. The Labute approximate surface area is 302 Å². The van der Waals surface area contributed by atoms with Crippen LogP contribution in [0.25, 0.3) is 0 Å². The van der Waals surface area contributed by atoms with Crippen molar-refractivity contribution >= 4 is 0 Å². The molecule has 49 heavy (non-hydrogen) atoms. The van der Waals surface area contributed by atoms with E-state index in [0.29, 0.717) is 0 Å². The van der Waals surface area contributed by atoms with Crippen LogP contribution >= 0.6 is 0 Å². The van der Waals surface area contributed by atoms with Crippen molar-refractivity contribution in [3.63, 3.8) is 0 Å². The molecule has 0 fully saturated rings. The first-order chi connectivity index (χ1) is 24.1. The number of aliphatic hydroxyl groups excluding tert-OH is 3. The van der Waals surface area contributed by atoms with Crippen LogP contribution in [0.15, 0.2) is 60.8 Å². The minimum absolute atomic E-state index is 0.386. The van der Waals surface area contributed by atoms with Gasteiger partial charge in [-0.3, -0.25) is 0 Å². The highest BCUT2D eigenvalue weighted by atomic mass is 16.3. The first-order valence-corrected chi connectivity index (χ1v) is 19.3. The van der Waals surface area contributed by atoms with E-state index in [4.69, 9.17) is 12.8 Å². The molecule has 0 aliphatic carbocycles. The topological polar surface area (TPSA) is 60.7 Å². The number of aliphatic hydroxyl groups is 3. The van der Waals surface area contributed by atoms with Crippen molar-refractivity contribution in [2.24, 2.45) is 0 Å². The summed E-state index contributed by atoms with van der Waals surface area (Å²) in [7, 11) is 0. The van der Waals surface area contributed by atoms with E-state index in [1.165, 1.54) is 89.9 Å². The molecule has 3 N–H and O–H groups in total. The van der Waals surface area contributed by atoms with Gasteiger partial charge in [0.2, 0.25) is 0 Å². The average Bonchev–Trinajstić information content (AvgIpc) is 3.10. The van der Waals surface area contributed by atoms with Gasteiger partial charge in [0.15, 0.2) is 6.10 Å². The quantitative estimate of drug-likeness (QED) is 0.0406. The van der Waals surface area contributed by atoms with E-state index in [1.54, 1.807) is 18.2 Å². The fourth-order valence-corrected chi connectivity index (χ4v) is 5.24. The van der Waals surface area contributed by atoms with E-state index in [1.807, 2.05) is 12.2 Å². The third-order valence-electron chi connectivity index (χ3n) is 8.18. The molecule has 0 saturated carbocycles. The fourth-order valence-electron chi connectivity index (χ4n) is 5.24. The third-order valence-corrected chi connectivity index (χ3v) is 8.18. The average molecular weight is 669 g/mol. The van der Waals surface area contributed by atoms with Gasteiger partial charge >= 0.3 is 0 Å². The van der Waals surface area contributed by atoms with E-state index in [9.17, 15) is 15.3 Å². The van der Waals surface area contributed by atoms with Gasteiger partial charge in [-0.15, -0.1) is 12.8 Å². The van der Waals surface area contributed by atoms with Gasteiger partial charge in [-0.05, 0) is 101 Å². The van der Waals surface area contributed by atoms with E-state index in [0.717, 1.165) is 70.6 Å². The van der Waals surface area contributed by atoms with Crippen LogP contribution in [0.1, 0.15) is 161 Å². The lowest BCUT2D eigenvalue weighted by molar-refractivity contribution is 0.208. The summed E-state index contributed by atoms with van der Waals surface area (Å²) >= 11 is 0. The Morgan fingerprint density at radius 1 is 0.469 bits per heavy atom. The monoisotopic (exact) mass is 669 g/mol. The zero-order valence-electron chi connectivity index (χ0n) is 30.7. The molecule has 3 atom stereocenters. The molecule has 270 valence electrons. The summed E-state index contributed by atoms with van der Waals surface area (Å²) in [4.78, 5) is 0. The van der Waals surface area contributed by atoms with Crippen LogP contribution in [0.3, 0.4) is 0 Å². The normalized spacial score (nSPS) is 13.4. The lowest BCUT2D eigenvalue weighted by Gasteiger charge is -2.05. The summed E-state index contributed by atoms with van der Waals surface area (Å²) in [5.74, 6) is 16.3. The number of hydrogen-bond donors (Lipinski definition) is 3. The molecule has 0 spiro atoms. The second-order valence-electron chi connectivity index (χ2n) is 12.8. The second-order valence-corrected chi connectivity index (χ2v) is 12.8. The van der Waals surface area contributed by atoms with Crippen molar-refractivity contribution < 1.29 is 15.3 Å². The highest BCUT2D eigenvalue weighted by Crippen LogP contribution is 2.14. The molecule has 0 aromatic heterocycles. The van der Waals surface area contributed by atoms with Crippen molar-refractivity contribution in [3.05, 3.63) is 60.8 Å². The second kappa shape index (κ2) is 39.3. The van der Waals surface area contributed by atoms with Crippen LogP contribution in [0, 0.1) is 48.4 Å². The summed E-state index contributed by atoms with van der Waals surface area (Å²) in [5.41, 5.74) is 0. The van der Waals surface area contributed by atoms with Crippen LogP contribution in [-0.2, 0) is 0 Å². The smallest absolute Gasteiger partial charge is 0.176 e. The highest BCUT2D eigenvalue weighted by molar-refractivity contribution is 5.24. The highest BCUT2D eigenvalue weighted by Gasteiger charge is 1.99. The van der Waals surface area contributed by atoms with Crippen LogP contribution in [-0.4, -0.2) is 33.6 Å². The molecule has 0 aromatic carbocycles. The lowest BCUT2D eigenvalue weighted by Crippen LogP contribution is -2.01. The Morgan fingerprint density at radius 2 is 0.959 bits per heavy atom. The molecule has 0 unspecified atom stereocenters. The van der Waals surface area contributed by atoms with Gasteiger partial charge in [0.25, 0.3) is 0 Å². The molecular formula is C46H68O3. The van der Waals surface area contributed by atoms with E-state index >= 15 is 0 Å². The summed E-state index contributed by atoms with van der Waals surface area (Å²) in [5, 5.41) is 28.9. The number of unbranched alkanes of at least 4 members (excludes halogenated alkanes) is 20. The van der Waals surface area contributed by atoms with Crippen molar-refractivity contribution in [2.45, 2.75) is 179 Å². The molecular weight excluding hydrogens is 601 g/mol. The number of allylic oxidation sites excluding steroid dienone is 8. The van der Waals surface area contributed by atoms with Crippen molar-refractivity contribution in [2.75, 3.05) is 0 Å².